The molecule has 1 aliphatic heterocycles. The van der Waals surface area contributed by atoms with Crippen molar-refractivity contribution in [3.63, 3.8) is 0 Å². The molecule has 0 bridgehead atoms. The predicted molar refractivity (Wildman–Crippen MR) is 108 cm³/mol. The highest BCUT2D eigenvalue weighted by molar-refractivity contribution is 6.33. The zero-order valence-electron chi connectivity index (χ0n) is 15.9. The summed E-state index contributed by atoms with van der Waals surface area (Å²) in [6.07, 6.45) is 3.36. The molecule has 1 aromatic carbocycles. The van der Waals surface area contributed by atoms with Gasteiger partial charge in [0, 0.05) is 36.6 Å². The molecule has 0 unspecified atom stereocenters. The van der Waals surface area contributed by atoms with E-state index in [1.807, 2.05) is 30.3 Å². The van der Waals surface area contributed by atoms with E-state index in [-0.39, 0.29) is 11.8 Å². The van der Waals surface area contributed by atoms with Crippen LogP contribution in [0.4, 0.5) is 0 Å². The van der Waals surface area contributed by atoms with Gasteiger partial charge in [0.05, 0.1) is 10.9 Å². The summed E-state index contributed by atoms with van der Waals surface area (Å²) in [6, 6.07) is 10.9. The van der Waals surface area contributed by atoms with Crippen LogP contribution < -0.4 is 0 Å². The molecule has 4 heterocycles. The van der Waals surface area contributed by atoms with Crippen LogP contribution in [0.2, 0.25) is 5.02 Å². The Morgan fingerprint density at radius 3 is 2.73 bits per heavy atom. The Balaban J connectivity index is 1.33. The fourth-order valence-electron chi connectivity index (χ4n) is 3.43. The second-order valence-electron chi connectivity index (χ2n) is 7.05. The summed E-state index contributed by atoms with van der Waals surface area (Å²) in [6.45, 7) is 2.66. The van der Waals surface area contributed by atoms with Crippen molar-refractivity contribution in [2.24, 2.45) is 0 Å². The van der Waals surface area contributed by atoms with Gasteiger partial charge in [-0.05, 0) is 25.1 Å². The number of likely N-dealkylation sites (tertiary alicyclic amines) is 1. The zero-order chi connectivity index (χ0) is 20.7. The molecule has 0 atom stereocenters. The summed E-state index contributed by atoms with van der Waals surface area (Å²) >= 11 is 6.29. The number of aryl methyl sites for hydroxylation is 1. The smallest absolute Gasteiger partial charge is 0.259 e. The largest absolute Gasteiger partial charge is 0.360 e. The van der Waals surface area contributed by atoms with Gasteiger partial charge >= 0.3 is 0 Å². The number of aromatic nitrogens is 4. The SMILES string of the molecule is Cc1onc(-c2ccccc2Cl)c1C(=O)N1CC(c2nc(-c3cccnc3)no2)C1. The average molecular weight is 422 g/mol. The molecule has 5 rings (SSSR count). The lowest BCUT2D eigenvalue weighted by molar-refractivity contribution is 0.0568. The molecule has 0 radical (unpaired) electrons. The summed E-state index contributed by atoms with van der Waals surface area (Å²) in [5.41, 5.74) is 2.31. The average Bonchev–Trinajstić information content (AvgIpc) is 3.35. The lowest BCUT2D eigenvalue weighted by Crippen LogP contribution is -2.48. The number of rotatable bonds is 4. The molecule has 3 aromatic heterocycles. The maximum Gasteiger partial charge on any atom is 0.259 e. The number of pyridine rings is 1. The van der Waals surface area contributed by atoms with Crippen molar-refractivity contribution in [2.75, 3.05) is 13.1 Å². The number of halogens is 1. The second-order valence-corrected chi connectivity index (χ2v) is 7.45. The van der Waals surface area contributed by atoms with E-state index < -0.39 is 0 Å². The number of carbonyl (C=O) groups excluding carboxylic acids is 1. The van der Waals surface area contributed by atoms with Crippen LogP contribution in [0.15, 0.2) is 57.8 Å². The summed E-state index contributed by atoms with van der Waals surface area (Å²) < 4.78 is 10.7. The summed E-state index contributed by atoms with van der Waals surface area (Å²) in [4.78, 5) is 23.3. The number of nitrogens with zero attached hydrogens (tertiary/aromatic N) is 5. The van der Waals surface area contributed by atoms with Gasteiger partial charge in [-0.2, -0.15) is 4.98 Å². The van der Waals surface area contributed by atoms with Gasteiger partial charge in [-0.1, -0.05) is 40.1 Å². The Bertz CT molecular complexity index is 1210. The highest BCUT2D eigenvalue weighted by Gasteiger charge is 2.38. The van der Waals surface area contributed by atoms with E-state index in [2.05, 4.69) is 20.3 Å². The number of hydrogen-bond donors (Lipinski definition) is 0. The zero-order valence-corrected chi connectivity index (χ0v) is 16.7. The van der Waals surface area contributed by atoms with Crippen molar-refractivity contribution in [1.82, 2.24) is 25.2 Å². The predicted octanol–water partition coefficient (Wildman–Crippen LogP) is 3.99. The lowest BCUT2D eigenvalue weighted by atomic mass is 9.97. The van der Waals surface area contributed by atoms with Crippen LogP contribution in [0.5, 0.6) is 0 Å². The number of amides is 1. The fourth-order valence-corrected chi connectivity index (χ4v) is 3.66. The van der Waals surface area contributed by atoms with Crippen molar-refractivity contribution >= 4 is 17.5 Å². The van der Waals surface area contributed by atoms with E-state index in [9.17, 15) is 4.79 Å². The van der Waals surface area contributed by atoms with Gasteiger partial charge < -0.3 is 13.9 Å². The van der Waals surface area contributed by atoms with Crippen LogP contribution in [-0.2, 0) is 0 Å². The molecule has 1 amide bonds. The molecule has 9 heteroatoms. The van der Waals surface area contributed by atoms with Crippen LogP contribution in [0.1, 0.15) is 27.9 Å². The highest BCUT2D eigenvalue weighted by atomic mass is 35.5. The van der Waals surface area contributed by atoms with Crippen LogP contribution in [0.3, 0.4) is 0 Å². The van der Waals surface area contributed by atoms with Gasteiger partial charge in [0.25, 0.3) is 5.91 Å². The normalized spacial score (nSPS) is 14.0. The third-order valence-electron chi connectivity index (χ3n) is 5.09. The first-order chi connectivity index (χ1) is 14.6. The van der Waals surface area contributed by atoms with Gasteiger partial charge in [-0.15, -0.1) is 0 Å². The standard InChI is InChI=1S/C21H16ClN5O3/c1-12-17(18(25-29-12)15-6-2-3-7-16(15)22)21(28)27-10-14(11-27)20-24-19(26-30-20)13-5-4-8-23-9-13/h2-9,14H,10-11H2,1H3. The summed E-state index contributed by atoms with van der Waals surface area (Å²) in [5.74, 6) is 1.27. The van der Waals surface area contributed by atoms with E-state index >= 15 is 0 Å². The fraction of sp³-hybridized carbons (Fsp3) is 0.190. The summed E-state index contributed by atoms with van der Waals surface area (Å²) in [7, 11) is 0. The van der Waals surface area contributed by atoms with Gasteiger partial charge in [-0.25, -0.2) is 0 Å². The first-order valence-electron chi connectivity index (χ1n) is 9.36. The molecule has 8 nitrogen and oxygen atoms in total. The quantitative estimate of drug-likeness (QED) is 0.491. The molecule has 0 aliphatic carbocycles. The summed E-state index contributed by atoms with van der Waals surface area (Å²) in [5, 5.41) is 8.60. The molecule has 150 valence electrons. The Labute approximate surface area is 176 Å². The maximum absolute atomic E-state index is 13.1. The first-order valence-corrected chi connectivity index (χ1v) is 9.74. The van der Waals surface area contributed by atoms with E-state index in [4.69, 9.17) is 20.6 Å². The van der Waals surface area contributed by atoms with E-state index in [1.54, 1.807) is 30.3 Å². The Kier molecular flexibility index (Phi) is 4.55. The molecular weight excluding hydrogens is 406 g/mol. The number of hydrogen-bond acceptors (Lipinski definition) is 7. The molecule has 0 saturated carbocycles. The Morgan fingerprint density at radius 2 is 1.97 bits per heavy atom. The Morgan fingerprint density at radius 1 is 1.13 bits per heavy atom. The van der Waals surface area contributed by atoms with Gasteiger partial charge in [0.2, 0.25) is 11.7 Å². The van der Waals surface area contributed by atoms with Crippen LogP contribution in [0, 0.1) is 6.92 Å². The number of benzene rings is 1. The Hall–Kier alpha value is -3.52. The topological polar surface area (TPSA) is 98.2 Å². The number of carbonyl (C=O) groups is 1. The third-order valence-corrected chi connectivity index (χ3v) is 5.41. The van der Waals surface area contributed by atoms with Crippen molar-refractivity contribution in [3.8, 4) is 22.6 Å². The molecular formula is C21H16ClN5O3. The van der Waals surface area contributed by atoms with Crippen molar-refractivity contribution in [3.05, 3.63) is 71.0 Å². The van der Waals surface area contributed by atoms with Gasteiger partial charge in [0.15, 0.2) is 0 Å². The van der Waals surface area contributed by atoms with Crippen LogP contribution >= 0.6 is 11.6 Å². The third kappa shape index (κ3) is 3.15. The lowest BCUT2D eigenvalue weighted by Gasteiger charge is -2.37. The van der Waals surface area contributed by atoms with E-state index in [0.717, 1.165) is 5.56 Å². The van der Waals surface area contributed by atoms with Crippen molar-refractivity contribution in [1.29, 1.82) is 0 Å². The van der Waals surface area contributed by atoms with Crippen LogP contribution in [0.25, 0.3) is 22.6 Å². The molecule has 4 aromatic rings. The van der Waals surface area contributed by atoms with Crippen molar-refractivity contribution in [2.45, 2.75) is 12.8 Å². The van der Waals surface area contributed by atoms with Gasteiger partial charge in [0.1, 0.15) is 17.0 Å². The highest BCUT2D eigenvalue weighted by Crippen LogP contribution is 2.34. The van der Waals surface area contributed by atoms with Crippen LogP contribution in [-0.4, -0.2) is 44.2 Å². The van der Waals surface area contributed by atoms with E-state index in [1.165, 1.54) is 0 Å². The molecule has 30 heavy (non-hydrogen) atoms. The molecule has 1 saturated heterocycles. The molecule has 1 fully saturated rings. The molecule has 0 N–H and O–H groups in total. The van der Waals surface area contributed by atoms with Gasteiger partial charge in [-0.3, -0.25) is 9.78 Å². The second kappa shape index (κ2) is 7.38. The minimum absolute atomic E-state index is 0.0178. The molecule has 1 aliphatic rings. The minimum atomic E-state index is -0.160. The maximum atomic E-state index is 13.1. The monoisotopic (exact) mass is 421 g/mol. The van der Waals surface area contributed by atoms with E-state index in [0.29, 0.717) is 52.4 Å². The molecule has 0 spiro atoms. The first kappa shape index (κ1) is 18.5. The minimum Gasteiger partial charge on any atom is -0.360 e. The van der Waals surface area contributed by atoms with Crippen molar-refractivity contribution < 1.29 is 13.8 Å².